The Labute approximate surface area is 137 Å². The zero-order valence-electron chi connectivity index (χ0n) is 12.7. The SMILES string of the molecule is FC(F)(F)c1ccccc1CNCc1ncc(-c2ccccc2)o1. The summed E-state index contributed by atoms with van der Waals surface area (Å²) >= 11 is 0. The fourth-order valence-electron chi connectivity index (χ4n) is 2.38. The van der Waals surface area contributed by atoms with Gasteiger partial charge in [-0.15, -0.1) is 0 Å². The van der Waals surface area contributed by atoms with Crippen LogP contribution in [0.15, 0.2) is 65.2 Å². The first-order chi connectivity index (χ1) is 11.5. The van der Waals surface area contributed by atoms with E-state index < -0.39 is 11.7 Å². The Morgan fingerprint density at radius 2 is 1.62 bits per heavy atom. The molecule has 0 unspecified atom stereocenters. The normalized spacial score (nSPS) is 11.6. The lowest BCUT2D eigenvalue weighted by Crippen LogP contribution is -2.17. The minimum Gasteiger partial charge on any atom is -0.439 e. The van der Waals surface area contributed by atoms with Crippen molar-refractivity contribution in [2.75, 3.05) is 0 Å². The van der Waals surface area contributed by atoms with E-state index in [4.69, 9.17) is 4.42 Å². The molecule has 6 heteroatoms. The predicted molar refractivity (Wildman–Crippen MR) is 83.9 cm³/mol. The second-order valence-corrected chi connectivity index (χ2v) is 5.24. The third-order valence-corrected chi connectivity index (χ3v) is 3.53. The topological polar surface area (TPSA) is 38.1 Å². The van der Waals surface area contributed by atoms with Gasteiger partial charge in [-0.2, -0.15) is 13.2 Å². The van der Waals surface area contributed by atoms with E-state index in [0.717, 1.165) is 11.6 Å². The molecule has 1 aromatic heterocycles. The molecule has 0 aliphatic carbocycles. The van der Waals surface area contributed by atoms with Gasteiger partial charge < -0.3 is 9.73 Å². The zero-order valence-corrected chi connectivity index (χ0v) is 12.7. The van der Waals surface area contributed by atoms with Gasteiger partial charge in [0.1, 0.15) is 0 Å². The van der Waals surface area contributed by atoms with Crippen LogP contribution in [0.5, 0.6) is 0 Å². The van der Waals surface area contributed by atoms with Crippen molar-refractivity contribution < 1.29 is 17.6 Å². The summed E-state index contributed by atoms with van der Waals surface area (Å²) in [5.74, 6) is 1.06. The van der Waals surface area contributed by atoms with Gasteiger partial charge in [0.15, 0.2) is 5.76 Å². The van der Waals surface area contributed by atoms with Gasteiger partial charge in [0.2, 0.25) is 5.89 Å². The lowest BCUT2D eigenvalue weighted by molar-refractivity contribution is -0.138. The third kappa shape index (κ3) is 3.83. The van der Waals surface area contributed by atoms with Crippen LogP contribution in [-0.4, -0.2) is 4.98 Å². The largest absolute Gasteiger partial charge is 0.439 e. The maximum absolute atomic E-state index is 12.9. The van der Waals surface area contributed by atoms with Crippen LogP contribution >= 0.6 is 0 Å². The highest BCUT2D eigenvalue weighted by Crippen LogP contribution is 2.31. The Bertz CT molecular complexity index is 797. The van der Waals surface area contributed by atoms with Crippen molar-refractivity contribution in [1.29, 1.82) is 0 Å². The molecule has 0 atom stereocenters. The molecule has 3 rings (SSSR count). The zero-order chi connectivity index (χ0) is 17.0. The number of aromatic nitrogens is 1. The van der Waals surface area contributed by atoms with Crippen LogP contribution in [0.4, 0.5) is 13.2 Å². The number of halogens is 3. The highest BCUT2D eigenvalue weighted by atomic mass is 19.4. The molecule has 0 radical (unpaired) electrons. The Kier molecular flexibility index (Phi) is 4.66. The number of oxazole rings is 1. The van der Waals surface area contributed by atoms with Gasteiger partial charge in [0, 0.05) is 12.1 Å². The third-order valence-electron chi connectivity index (χ3n) is 3.53. The van der Waals surface area contributed by atoms with Crippen LogP contribution in [-0.2, 0) is 19.3 Å². The predicted octanol–water partition coefficient (Wildman–Crippen LogP) is 4.65. The number of alkyl halides is 3. The molecule has 1 heterocycles. The molecule has 0 aliphatic heterocycles. The second kappa shape index (κ2) is 6.88. The van der Waals surface area contributed by atoms with Crippen LogP contribution in [0.25, 0.3) is 11.3 Å². The van der Waals surface area contributed by atoms with E-state index in [1.807, 2.05) is 30.3 Å². The summed E-state index contributed by atoms with van der Waals surface area (Å²) in [4.78, 5) is 4.14. The van der Waals surface area contributed by atoms with E-state index in [1.165, 1.54) is 12.1 Å². The van der Waals surface area contributed by atoms with Crippen molar-refractivity contribution in [2.24, 2.45) is 0 Å². The molecule has 0 saturated carbocycles. The van der Waals surface area contributed by atoms with Gasteiger partial charge in [0.05, 0.1) is 18.3 Å². The molecule has 3 aromatic rings. The smallest absolute Gasteiger partial charge is 0.416 e. The van der Waals surface area contributed by atoms with Crippen LogP contribution in [0.1, 0.15) is 17.0 Å². The molecule has 3 nitrogen and oxygen atoms in total. The van der Waals surface area contributed by atoms with E-state index in [-0.39, 0.29) is 18.7 Å². The number of benzene rings is 2. The van der Waals surface area contributed by atoms with Gasteiger partial charge in [0.25, 0.3) is 0 Å². The molecule has 24 heavy (non-hydrogen) atoms. The fraction of sp³-hybridized carbons (Fsp3) is 0.167. The molecule has 0 aliphatic rings. The number of nitrogens with one attached hydrogen (secondary N) is 1. The van der Waals surface area contributed by atoms with E-state index in [2.05, 4.69) is 10.3 Å². The van der Waals surface area contributed by atoms with Crippen LogP contribution < -0.4 is 5.32 Å². The average Bonchev–Trinajstić information content (AvgIpc) is 3.04. The van der Waals surface area contributed by atoms with Crippen LogP contribution in [0, 0.1) is 0 Å². The number of nitrogens with zero attached hydrogens (tertiary/aromatic N) is 1. The Morgan fingerprint density at radius 1 is 0.917 bits per heavy atom. The molecule has 124 valence electrons. The standard InChI is InChI=1S/C18H15F3N2O/c19-18(20,21)15-9-5-4-8-14(15)10-22-12-17-23-11-16(24-17)13-6-2-1-3-7-13/h1-9,11,22H,10,12H2. The summed E-state index contributed by atoms with van der Waals surface area (Å²) < 4.78 is 44.4. The maximum Gasteiger partial charge on any atom is 0.416 e. The maximum atomic E-state index is 12.9. The lowest BCUT2D eigenvalue weighted by atomic mass is 10.1. The summed E-state index contributed by atoms with van der Waals surface area (Å²) in [6.07, 6.45) is -2.75. The molecule has 0 fully saturated rings. The monoisotopic (exact) mass is 332 g/mol. The van der Waals surface area contributed by atoms with Crippen LogP contribution in [0.2, 0.25) is 0 Å². The van der Waals surface area contributed by atoms with Gasteiger partial charge in [-0.3, -0.25) is 0 Å². The second-order valence-electron chi connectivity index (χ2n) is 5.24. The molecule has 0 saturated heterocycles. The summed E-state index contributed by atoms with van der Waals surface area (Å²) in [6, 6.07) is 15.0. The minimum absolute atomic E-state index is 0.0821. The van der Waals surface area contributed by atoms with Crippen molar-refractivity contribution in [3.05, 3.63) is 77.8 Å². The highest BCUT2D eigenvalue weighted by molar-refractivity contribution is 5.55. The Balaban J connectivity index is 1.63. The molecular formula is C18H15F3N2O. The first-order valence-corrected chi connectivity index (χ1v) is 7.40. The molecule has 0 spiro atoms. The molecule has 0 bridgehead atoms. The molecule has 2 aromatic carbocycles. The fourth-order valence-corrected chi connectivity index (χ4v) is 2.38. The first-order valence-electron chi connectivity index (χ1n) is 7.40. The van der Waals surface area contributed by atoms with Gasteiger partial charge in [-0.1, -0.05) is 48.5 Å². The average molecular weight is 332 g/mol. The summed E-state index contributed by atoms with van der Waals surface area (Å²) in [5, 5.41) is 2.94. The lowest BCUT2D eigenvalue weighted by Gasteiger charge is -2.12. The van der Waals surface area contributed by atoms with E-state index >= 15 is 0 Å². The molecule has 1 N–H and O–H groups in total. The first kappa shape index (κ1) is 16.3. The van der Waals surface area contributed by atoms with E-state index in [9.17, 15) is 13.2 Å². The summed E-state index contributed by atoms with van der Waals surface area (Å²) in [5.41, 5.74) is 0.466. The Hall–Kier alpha value is -2.60. The highest BCUT2D eigenvalue weighted by Gasteiger charge is 2.32. The van der Waals surface area contributed by atoms with Crippen LogP contribution in [0.3, 0.4) is 0 Å². The van der Waals surface area contributed by atoms with Gasteiger partial charge in [-0.05, 0) is 11.6 Å². The number of rotatable bonds is 5. The van der Waals surface area contributed by atoms with Gasteiger partial charge >= 0.3 is 6.18 Å². The van der Waals surface area contributed by atoms with Crippen molar-refractivity contribution in [1.82, 2.24) is 10.3 Å². The van der Waals surface area contributed by atoms with Gasteiger partial charge in [-0.25, -0.2) is 4.98 Å². The quantitative estimate of drug-likeness (QED) is 0.739. The minimum atomic E-state index is -4.36. The van der Waals surface area contributed by atoms with Crippen molar-refractivity contribution in [3.8, 4) is 11.3 Å². The molecular weight excluding hydrogens is 317 g/mol. The van der Waals surface area contributed by atoms with Crippen molar-refractivity contribution >= 4 is 0 Å². The summed E-state index contributed by atoms with van der Waals surface area (Å²) in [6.45, 7) is 0.331. The van der Waals surface area contributed by atoms with E-state index in [1.54, 1.807) is 12.3 Å². The molecule has 0 amide bonds. The summed E-state index contributed by atoms with van der Waals surface area (Å²) in [7, 11) is 0. The van der Waals surface area contributed by atoms with Crippen molar-refractivity contribution in [3.63, 3.8) is 0 Å². The number of hydrogen-bond donors (Lipinski definition) is 1. The Morgan fingerprint density at radius 3 is 2.38 bits per heavy atom. The van der Waals surface area contributed by atoms with E-state index in [0.29, 0.717) is 11.7 Å². The number of hydrogen-bond acceptors (Lipinski definition) is 3. The van der Waals surface area contributed by atoms with Crippen molar-refractivity contribution in [2.45, 2.75) is 19.3 Å².